The van der Waals surface area contributed by atoms with Gasteiger partial charge in [-0.15, -0.1) is 0 Å². The third-order valence-electron chi connectivity index (χ3n) is 7.22. The standard InChI is InChI=1S/C28H46O2/c1-18(2)12-9-13-19(3)14-10-15-20(4)16-11-17-25-23(7)26-24(8)27(29)21(5)22(6)28(26)30-25/h17-20,23,29H,9-16H2,1-8H3/b25-17+/t19?,20?,23-/m0/s1. The Balaban J connectivity index is 1.78. The Morgan fingerprint density at radius 1 is 0.833 bits per heavy atom. The molecule has 2 heteroatoms. The lowest BCUT2D eigenvalue weighted by Crippen LogP contribution is -2.00. The zero-order valence-electron chi connectivity index (χ0n) is 20.9. The summed E-state index contributed by atoms with van der Waals surface area (Å²) in [6.07, 6.45) is 12.8. The minimum Gasteiger partial charge on any atom is -0.507 e. The number of phenolic OH excluding ortho intramolecular Hbond substituents is 1. The Morgan fingerprint density at radius 3 is 2.00 bits per heavy atom. The summed E-state index contributed by atoms with van der Waals surface area (Å²) >= 11 is 0. The predicted octanol–water partition coefficient (Wildman–Crippen LogP) is 8.75. The maximum atomic E-state index is 10.4. The highest BCUT2D eigenvalue weighted by atomic mass is 16.5. The van der Waals surface area contributed by atoms with Gasteiger partial charge >= 0.3 is 0 Å². The van der Waals surface area contributed by atoms with Gasteiger partial charge in [-0.3, -0.25) is 0 Å². The van der Waals surface area contributed by atoms with E-state index in [0.717, 1.165) is 52.4 Å². The molecule has 0 radical (unpaired) electrons. The molecule has 0 fully saturated rings. The lowest BCUT2D eigenvalue weighted by Gasteiger charge is -2.14. The van der Waals surface area contributed by atoms with Gasteiger partial charge < -0.3 is 9.84 Å². The van der Waals surface area contributed by atoms with Gasteiger partial charge in [0.2, 0.25) is 0 Å². The predicted molar refractivity (Wildman–Crippen MR) is 130 cm³/mol. The Morgan fingerprint density at radius 2 is 1.40 bits per heavy atom. The third-order valence-corrected chi connectivity index (χ3v) is 7.22. The van der Waals surface area contributed by atoms with Gasteiger partial charge in [0.1, 0.15) is 17.3 Å². The van der Waals surface area contributed by atoms with Crippen LogP contribution in [0.2, 0.25) is 0 Å². The molecule has 1 heterocycles. The van der Waals surface area contributed by atoms with Crippen LogP contribution in [0.15, 0.2) is 11.8 Å². The van der Waals surface area contributed by atoms with Gasteiger partial charge in [0.05, 0.1) is 0 Å². The lowest BCUT2D eigenvalue weighted by atomic mass is 9.90. The second-order valence-electron chi connectivity index (χ2n) is 10.4. The number of hydrogen-bond donors (Lipinski definition) is 1. The van der Waals surface area contributed by atoms with Crippen molar-refractivity contribution in [2.75, 3.05) is 0 Å². The fourth-order valence-electron chi connectivity index (χ4n) is 4.84. The van der Waals surface area contributed by atoms with E-state index in [9.17, 15) is 5.11 Å². The highest BCUT2D eigenvalue weighted by molar-refractivity contribution is 5.62. The molecule has 3 atom stereocenters. The monoisotopic (exact) mass is 414 g/mol. The minimum atomic E-state index is 0.229. The summed E-state index contributed by atoms with van der Waals surface area (Å²) in [6.45, 7) is 17.7. The molecule has 1 aromatic rings. The molecular weight excluding hydrogens is 368 g/mol. The molecule has 1 N–H and O–H groups in total. The number of aromatic hydroxyl groups is 1. The first-order valence-corrected chi connectivity index (χ1v) is 12.3. The first-order chi connectivity index (χ1) is 14.1. The van der Waals surface area contributed by atoms with Crippen molar-refractivity contribution < 1.29 is 9.84 Å². The van der Waals surface area contributed by atoms with Gasteiger partial charge in [-0.05, 0) is 74.1 Å². The van der Waals surface area contributed by atoms with E-state index >= 15 is 0 Å². The van der Waals surface area contributed by atoms with Gasteiger partial charge in [0, 0.05) is 11.5 Å². The molecule has 0 saturated heterocycles. The van der Waals surface area contributed by atoms with Gasteiger partial charge in [-0.1, -0.05) is 73.1 Å². The van der Waals surface area contributed by atoms with Crippen LogP contribution in [0.1, 0.15) is 114 Å². The van der Waals surface area contributed by atoms with E-state index in [4.69, 9.17) is 4.74 Å². The number of rotatable bonds is 11. The van der Waals surface area contributed by atoms with E-state index in [2.05, 4.69) is 47.6 Å². The largest absolute Gasteiger partial charge is 0.507 e. The molecule has 0 bridgehead atoms. The smallest absolute Gasteiger partial charge is 0.134 e. The summed E-state index contributed by atoms with van der Waals surface area (Å²) in [5.74, 6) is 5.16. The second kappa shape index (κ2) is 11.3. The SMILES string of the molecule is Cc1c(C)c2c(c(C)c1O)[C@@H](C)/C(=C\CCC(C)CCCC(C)CCCC(C)C)O2. The Hall–Kier alpha value is -1.44. The Kier molecular flexibility index (Phi) is 9.31. The van der Waals surface area contributed by atoms with Crippen LogP contribution in [-0.4, -0.2) is 5.11 Å². The van der Waals surface area contributed by atoms with Gasteiger partial charge in [-0.2, -0.15) is 0 Å². The van der Waals surface area contributed by atoms with E-state index in [1.807, 2.05) is 13.8 Å². The summed E-state index contributed by atoms with van der Waals surface area (Å²) in [6, 6.07) is 0. The first-order valence-electron chi connectivity index (χ1n) is 12.3. The second-order valence-corrected chi connectivity index (χ2v) is 10.4. The van der Waals surface area contributed by atoms with Crippen LogP contribution in [0.4, 0.5) is 0 Å². The zero-order valence-corrected chi connectivity index (χ0v) is 20.9. The van der Waals surface area contributed by atoms with Gasteiger partial charge in [0.15, 0.2) is 0 Å². The topological polar surface area (TPSA) is 29.5 Å². The molecule has 0 aromatic heterocycles. The molecule has 0 amide bonds. The van der Waals surface area contributed by atoms with E-state index in [0.29, 0.717) is 5.75 Å². The number of phenols is 1. The fraction of sp³-hybridized carbons (Fsp3) is 0.714. The molecule has 170 valence electrons. The number of hydrogen-bond acceptors (Lipinski definition) is 2. The molecule has 0 spiro atoms. The quantitative estimate of drug-likeness (QED) is 0.392. The van der Waals surface area contributed by atoms with Crippen LogP contribution in [0.5, 0.6) is 11.5 Å². The van der Waals surface area contributed by atoms with Crippen LogP contribution in [0, 0.1) is 38.5 Å². The van der Waals surface area contributed by atoms with E-state index in [1.54, 1.807) is 0 Å². The van der Waals surface area contributed by atoms with Crippen LogP contribution >= 0.6 is 0 Å². The van der Waals surface area contributed by atoms with Crippen molar-refractivity contribution in [2.24, 2.45) is 17.8 Å². The van der Waals surface area contributed by atoms with Crippen molar-refractivity contribution in [3.05, 3.63) is 34.1 Å². The maximum absolute atomic E-state index is 10.4. The highest BCUT2D eigenvalue weighted by Crippen LogP contribution is 2.48. The van der Waals surface area contributed by atoms with Crippen molar-refractivity contribution in [3.63, 3.8) is 0 Å². The van der Waals surface area contributed by atoms with E-state index < -0.39 is 0 Å². The van der Waals surface area contributed by atoms with E-state index in [1.165, 1.54) is 50.5 Å². The molecule has 2 unspecified atom stereocenters. The summed E-state index contributed by atoms with van der Waals surface area (Å²) in [4.78, 5) is 0. The molecule has 1 aliphatic rings. The molecule has 0 aliphatic carbocycles. The molecule has 1 aliphatic heterocycles. The first kappa shape index (κ1) is 24.8. The summed E-state index contributed by atoms with van der Waals surface area (Å²) in [5.41, 5.74) is 4.15. The Bertz CT molecular complexity index is 729. The molecule has 30 heavy (non-hydrogen) atoms. The summed E-state index contributed by atoms with van der Waals surface area (Å²) in [5, 5.41) is 10.4. The van der Waals surface area contributed by atoms with Crippen molar-refractivity contribution >= 4 is 0 Å². The molecule has 2 nitrogen and oxygen atoms in total. The number of fused-ring (bicyclic) bond motifs is 1. The highest BCUT2D eigenvalue weighted by Gasteiger charge is 2.31. The number of ether oxygens (including phenoxy) is 1. The molecule has 0 saturated carbocycles. The summed E-state index contributed by atoms with van der Waals surface area (Å²) < 4.78 is 6.27. The lowest BCUT2D eigenvalue weighted by molar-refractivity contribution is 0.391. The average Bonchev–Trinajstić information content (AvgIpc) is 3.01. The van der Waals surface area contributed by atoms with Gasteiger partial charge in [-0.25, -0.2) is 0 Å². The molecule has 1 aromatic carbocycles. The average molecular weight is 415 g/mol. The fourth-order valence-corrected chi connectivity index (χ4v) is 4.84. The normalized spacial score (nSPS) is 19.2. The van der Waals surface area contributed by atoms with Crippen LogP contribution in [0.25, 0.3) is 0 Å². The summed E-state index contributed by atoms with van der Waals surface area (Å²) in [7, 11) is 0. The van der Waals surface area contributed by atoms with Crippen molar-refractivity contribution in [3.8, 4) is 11.5 Å². The number of benzene rings is 1. The van der Waals surface area contributed by atoms with Crippen LogP contribution in [0.3, 0.4) is 0 Å². The van der Waals surface area contributed by atoms with Crippen molar-refractivity contribution in [2.45, 2.75) is 113 Å². The minimum absolute atomic E-state index is 0.229. The number of allylic oxidation sites excluding steroid dienone is 2. The van der Waals surface area contributed by atoms with Crippen LogP contribution in [-0.2, 0) is 0 Å². The molecule has 2 rings (SSSR count). The Labute approximate surface area is 186 Å². The van der Waals surface area contributed by atoms with Crippen LogP contribution < -0.4 is 4.74 Å². The van der Waals surface area contributed by atoms with Crippen molar-refractivity contribution in [1.29, 1.82) is 0 Å². The zero-order chi connectivity index (χ0) is 22.4. The third kappa shape index (κ3) is 6.28. The van der Waals surface area contributed by atoms with Crippen molar-refractivity contribution in [1.82, 2.24) is 0 Å². The maximum Gasteiger partial charge on any atom is 0.134 e. The van der Waals surface area contributed by atoms with Gasteiger partial charge in [0.25, 0.3) is 0 Å². The van der Waals surface area contributed by atoms with E-state index in [-0.39, 0.29) is 5.92 Å². The molecular formula is C28H46O2.